The Balaban J connectivity index is 2.24. The lowest BCUT2D eigenvalue weighted by Crippen LogP contribution is -1.92. The number of fused-ring (bicyclic) bond motifs is 1. The van der Waals surface area contributed by atoms with E-state index in [4.69, 9.17) is 17.3 Å². The lowest BCUT2D eigenvalue weighted by atomic mass is 10.2. The molecule has 0 aliphatic rings. The molecule has 3 aromatic rings. The molecule has 0 aliphatic heterocycles. The van der Waals surface area contributed by atoms with E-state index in [0.29, 0.717) is 10.7 Å². The summed E-state index contributed by atoms with van der Waals surface area (Å²) in [4.78, 5) is 0. The largest absolute Gasteiger partial charge is 0.398 e. The molecule has 0 saturated carbocycles. The number of nitrogens with zero attached hydrogens (tertiary/aromatic N) is 3. The minimum absolute atomic E-state index is 0.529. The molecule has 0 bridgehead atoms. The van der Waals surface area contributed by atoms with E-state index in [2.05, 4.69) is 26.1 Å². The molecule has 0 spiro atoms. The monoisotopic (exact) mass is 322 g/mol. The van der Waals surface area contributed by atoms with E-state index < -0.39 is 0 Å². The second-order valence-electron chi connectivity index (χ2n) is 3.84. The highest BCUT2D eigenvalue weighted by Gasteiger charge is 2.09. The number of nitrogen functional groups attached to an aromatic ring is 1. The average molecular weight is 324 g/mol. The summed E-state index contributed by atoms with van der Waals surface area (Å²) >= 11 is 9.34. The lowest BCUT2D eigenvalue weighted by molar-refractivity contribution is 1.11. The summed E-state index contributed by atoms with van der Waals surface area (Å²) in [5.74, 6) is 0.731. The summed E-state index contributed by atoms with van der Waals surface area (Å²) in [5, 5.41) is 8.81. The Morgan fingerprint density at radius 1 is 1.17 bits per heavy atom. The highest BCUT2D eigenvalue weighted by Crippen LogP contribution is 2.26. The van der Waals surface area contributed by atoms with Gasteiger partial charge in [-0.1, -0.05) is 11.6 Å². The van der Waals surface area contributed by atoms with Gasteiger partial charge in [0.15, 0.2) is 11.5 Å². The number of hydrogen-bond donors (Lipinski definition) is 1. The fraction of sp³-hybridized carbons (Fsp3) is 0. The van der Waals surface area contributed by atoms with Gasteiger partial charge >= 0.3 is 0 Å². The van der Waals surface area contributed by atoms with Crippen molar-refractivity contribution in [2.75, 3.05) is 5.73 Å². The van der Waals surface area contributed by atoms with Gasteiger partial charge < -0.3 is 5.73 Å². The molecule has 18 heavy (non-hydrogen) atoms. The number of benzene rings is 1. The van der Waals surface area contributed by atoms with Gasteiger partial charge in [0.25, 0.3) is 0 Å². The van der Waals surface area contributed by atoms with Gasteiger partial charge in [-0.05, 0) is 46.3 Å². The molecular weight excluding hydrogens is 316 g/mol. The Morgan fingerprint density at radius 3 is 2.78 bits per heavy atom. The third-order valence-electron chi connectivity index (χ3n) is 2.62. The maximum absolute atomic E-state index is 5.91. The van der Waals surface area contributed by atoms with Gasteiger partial charge in [0, 0.05) is 16.2 Å². The lowest BCUT2D eigenvalue weighted by Gasteiger charge is -2.03. The first-order valence-electron chi connectivity index (χ1n) is 5.21. The molecule has 1 aromatic carbocycles. The molecule has 90 valence electrons. The molecule has 0 saturated heterocycles. The number of halogens is 2. The summed E-state index contributed by atoms with van der Waals surface area (Å²) in [6.45, 7) is 0. The predicted octanol–water partition coefficient (Wildman–Crippen LogP) is 3.39. The second kappa shape index (κ2) is 4.26. The minimum atomic E-state index is 0.529. The maximum atomic E-state index is 5.91. The van der Waals surface area contributed by atoms with Crippen molar-refractivity contribution < 1.29 is 0 Å². The van der Waals surface area contributed by atoms with Crippen LogP contribution in [0.2, 0.25) is 5.02 Å². The summed E-state index contributed by atoms with van der Waals surface area (Å²) in [6, 6.07) is 9.23. The summed E-state index contributed by atoms with van der Waals surface area (Å²) in [6.07, 6.45) is 1.91. The zero-order chi connectivity index (χ0) is 12.7. The first-order chi connectivity index (χ1) is 8.65. The van der Waals surface area contributed by atoms with E-state index in [0.717, 1.165) is 21.5 Å². The molecule has 0 aliphatic carbocycles. The van der Waals surface area contributed by atoms with Crippen LogP contribution in [0.4, 0.5) is 5.69 Å². The Hall–Kier alpha value is -1.59. The van der Waals surface area contributed by atoms with Crippen molar-refractivity contribution in [2.24, 2.45) is 0 Å². The number of hydrogen-bond acceptors (Lipinski definition) is 3. The standard InChI is InChI=1S/C12H8BrClN4/c13-8-2-4-11-16-17-12(18(11)6-8)7-1-3-9(14)10(15)5-7/h1-6H,15H2. The van der Waals surface area contributed by atoms with Gasteiger partial charge in [0.1, 0.15) is 0 Å². The van der Waals surface area contributed by atoms with Crippen LogP contribution in [0.1, 0.15) is 0 Å². The first-order valence-corrected chi connectivity index (χ1v) is 6.38. The number of nitrogens with two attached hydrogens (primary N) is 1. The smallest absolute Gasteiger partial charge is 0.168 e. The van der Waals surface area contributed by atoms with Crippen molar-refractivity contribution in [1.82, 2.24) is 14.6 Å². The highest BCUT2D eigenvalue weighted by atomic mass is 79.9. The van der Waals surface area contributed by atoms with E-state index in [1.54, 1.807) is 12.1 Å². The van der Waals surface area contributed by atoms with Crippen molar-refractivity contribution in [3.63, 3.8) is 0 Å². The van der Waals surface area contributed by atoms with Gasteiger partial charge in [-0.3, -0.25) is 4.40 Å². The maximum Gasteiger partial charge on any atom is 0.168 e. The molecule has 4 nitrogen and oxygen atoms in total. The molecule has 0 amide bonds. The summed E-state index contributed by atoms with van der Waals surface area (Å²) in [5.41, 5.74) is 7.99. The molecule has 0 radical (unpaired) electrons. The van der Waals surface area contributed by atoms with Crippen LogP contribution in [-0.4, -0.2) is 14.6 Å². The van der Waals surface area contributed by atoms with Crippen LogP contribution in [0.25, 0.3) is 17.0 Å². The van der Waals surface area contributed by atoms with E-state index in [1.807, 2.05) is 28.8 Å². The quantitative estimate of drug-likeness (QED) is 0.698. The number of anilines is 1. The second-order valence-corrected chi connectivity index (χ2v) is 5.16. The SMILES string of the molecule is Nc1cc(-c2nnc3ccc(Br)cn23)ccc1Cl. The Kier molecular flexibility index (Phi) is 2.72. The molecule has 3 rings (SSSR count). The fourth-order valence-corrected chi connectivity index (χ4v) is 2.20. The predicted molar refractivity (Wildman–Crippen MR) is 75.5 cm³/mol. The molecular formula is C12H8BrClN4. The molecule has 2 N–H and O–H groups in total. The zero-order valence-electron chi connectivity index (χ0n) is 9.14. The van der Waals surface area contributed by atoms with E-state index in [-0.39, 0.29) is 0 Å². The Labute approximate surface area is 117 Å². The molecule has 0 fully saturated rings. The van der Waals surface area contributed by atoms with Gasteiger partial charge in [0.2, 0.25) is 0 Å². The zero-order valence-corrected chi connectivity index (χ0v) is 11.5. The van der Waals surface area contributed by atoms with Crippen molar-refractivity contribution in [2.45, 2.75) is 0 Å². The molecule has 2 heterocycles. The van der Waals surface area contributed by atoms with Crippen LogP contribution in [0, 0.1) is 0 Å². The molecule has 6 heteroatoms. The molecule has 2 aromatic heterocycles. The third-order valence-corrected chi connectivity index (χ3v) is 3.43. The van der Waals surface area contributed by atoms with Crippen molar-refractivity contribution >= 4 is 38.9 Å². The Bertz CT molecular complexity index is 738. The third kappa shape index (κ3) is 1.85. The van der Waals surface area contributed by atoms with Crippen molar-refractivity contribution in [1.29, 1.82) is 0 Å². The van der Waals surface area contributed by atoms with Crippen LogP contribution >= 0.6 is 27.5 Å². The van der Waals surface area contributed by atoms with Gasteiger partial charge in [-0.15, -0.1) is 10.2 Å². The van der Waals surface area contributed by atoms with Gasteiger partial charge in [0.05, 0.1) is 10.7 Å². The number of pyridine rings is 1. The topological polar surface area (TPSA) is 56.2 Å². The van der Waals surface area contributed by atoms with Crippen LogP contribution < -0.4 is 5.73 Å². The Morgan fingerprint density at radius 2 is 2.00 bits per heavy atom. The van der Waals surface area contributed by atoms with Crippen LogP contribution in [0.15, 0.2) is 41.0 Å². The number of aromatic nitrogens is 3. The number of rotatable bonds is 1. The van der Waals surface area contributed by atoms with Crippen molar-refractivity contribution in [3.8, 4) is 11.4 Å². The van der Waals surface area contributed by atoms with Crippen LogP contribution in [0.5, 0.6) is 0 Å². The van der Waals surface area contributed by atoms with Crippen molar-refractivity contribution in [3.05, 3.63) is 46.0 Å². The first kappa shape index (κ1) is 11.5. The average Bonchev–Trinajstić information content (AvgIpc) is 2.75. The minimum Gasteiger partial charge on any atom is -0.398 e. The van der Waals surface area contributed by atoms with Gasteiger partial charge in [-0.2, -0.15) is 0 Å². The van der Waals surface area contributed by atoms with Gasteiger partial charge in [-0.25, -0.2) is 0 Å². The van der Waals surface area contributed by atoms with Crippen LogP contribution in [0.3, 0.4) is 0 Å². The van der Waals surface area contributed by atoms with E-state index in [1.165, 1.54) is 0 Å². The van der Waals surface area contributed by atoms with Crippen LogP contribution in [-0.2, 0) is 0 Å². The summed E-state index contributed by atoms with van der Waals surface area (Å²) < 4.78 is 2.85. The summed E-state index contributed by atoms with van der Waals surface area (Å²) in [7, 11) is 0. The molecule has 0 atom stereocenters. The van der Waals surface area contributed by atoms with E-state index in [9.17, 15) is 0 Å². The van der Waals surface area contributed by atoms with E-state index >= 15 is 0 Å². The normalized spacial score (nSPS) is 11.0. The fourth-order valence-electron chi connectivity index (χ4n) is 1.74. The highest BCUT2D eigenvalue weighted by molar-refractivity contribution is 9.10. The molecule has 0 unspecified atom stereocenters.